The first-order valence-electron chi connectivity index (χ1n) is 7.63. The van der Waals surface area contributed by atoms with Crippen molar-refractivity contribution in [3.05, 3.63) is 24.3 Å². The van der Waals surface area contributed by atoms with E-state index in [1.165, 1.54) is 0 Å². The van der Waals surface area contributed by atoms with Crippen LogP contribution < -0.4 is 15.4 Å². The molecule has 1 aliphatic heterocycles. The van der Waals surface area contributed by atoms with Crippen molar-refractivity contribution in [2.75, 3.05) is 31.6 Å². The lowest BCUT2D eigenvalue weighted by atomic mass is 10.2. The first kappa shape index (κ1) is 15.6. The minimum atomic E-state index is 0.00978. The van der Waals surface area contributed by atoms with Crippen LogP contribution >= 0.6 is 0 Å². The fourth-order valence-corrected chi connectivity index (χ4v) is 2.14. The number of nitrogens with one attached hydrogen (secondary N) is 2. The molecule has 0 aromatic heterocycles. The first-order valence-corrected chi connectivity index (χ1v) is 7.63. The standard InChI is InChI=1S/C16H24N2O3/c1-2-9-17-16(19)11-18-13-5-7-14(8-6-13)21-12-15-4-3-10-20-15/h5-8,15,18H,2-4,9-12H2,1H3,(H,17,19). The first-order chi connectivity index (χ1) is 10.3. The normalized spacial score (nSPS) is 17.5. The summed E-state index contributed by atoms with van der Waals surface area (Å²) in [5, 5.41) is 5.91. The highest BCUT2D eigenvalue weighted by atomic mass is 16.5. The Kier molecular flexibility index (Phi) is 6.34. The molecule has 1 saturated heterocycles. The summed E-state index contributed by atoms with van der Waals surface area (Å²) in [5.41, 5.74) is 0.908. The Hall–Kier alpha value is -1.75. The van der Waals surface area contributed by atoms with Crippen LogP contribution in [0.1, 0.15) is 26.2 Å². The Morgan fingerprint density at radius 3 is 2.86 bits per heavy atom. The van der Waals surface area contributed by atoms with Gasteiger partial charge >= 0.3 is 0 Å². The molecule has 1 aromatic carbocycles. The monoisotopic (exact) mass is 292 g/mol. The molecular formula is C16H24N2O3. The van der Waals surface area contributed by atoms with Crippen LogP contribution in [-0.2, 0) is 9.53 Å². The van der Waals surface area contributed by atoms with Crippen molar-refractivity contribution in [3.63, 3.8) is 0 Å². The average Bonchev–Trinajstić information content (AvgIpc) is 3.03. The third kappa shape index (κ3) is 5.63. The number of carbonyl (C=O) groups is 1. The molecule has 2 N–H and O–H groups in total. The molecule has 1 amide bonds. The van der Waals surface area contributed by atoms with E-state index in [0.29, 0.717) is 6.61 Å². The Bertz CT molecular complexity index is 428. The van der Waals surface area contributed by atoms with Gasteiger partial charge in [0, 0.05) is 18.8 Å². The molecule has 5 nitrogen and oxygen atoms in total. The molecule has 116 valence electrons. The van der Waals surface area contributed by atoms with Gasteiger partial charge in [0.15, 0.2) is 0 Å². The Morgan fingerprint density at radius 1 is 1.38 bits per heavy atom. The molecule has 1 unspecified atom stereocenters. The van der Waals surface area contributed by atoms with Crippen LogP contribution in [-0.4, -0.2) is 38.3 Å². The predicted octanol–water partition coefficient (Wildman–Crippen LogP) is 2.18. The Balaban J connectivity index is 1.69. The molecule has 0 saturated carbocycles. The lowest BCUT2D eigenvalue weighted by Gasteiger charge is -2.12. The van der Waals surface area contributed by atoms with Gasteiger partial charge in [0.2, 0.25) is 5.91 Å². The summed E-state index contributed by atoms with van der Waals surface area (Å²) in [7, 11) is 0. The van der Waals surface area contributed by atoms with Crippen LogP contribution in [0.25, 0.3) is 0 Å². The molecule has 1 heterocycles. The van der Waals surface area contributed by atoms with Crippen LogP contribution in [0, 0.1) is 0 Å². The zero-order valence-electron chi connectivity index (χ0n) is 12.6. The van der Waals surface area contributed by atoms with Gasteiger partial charge in [0.05, 0.1) is 12.6 Å². The van der Waals surface area contributed by atoms with Gasteiger partial charge in [-0.3, -0.25) is 4.79 Å². The van der Waals surface area contributed by atoms with Gasteiger partial charge in [0.1, 0.15) is 12.4 Å². The van der Waals surface area contributed by atoms with Crippen LogP contribution in [0.3, 0.4) is 0 Å². The predicted molar refractivity (Wildman–Crippen MR) is 82.7 cm³/mol. The molecule has 2 rings (SSSR count). The molecule has 1 aromatic rings. The average molecular weight is 292 g/mol. The van der Waals surface area contributed by atoms with Crippen molar-refractivity contribution >= 4 is 11.6 Å². The van der Waals surface area contributed by atoms with Crippen LogP contribution in [0.15, 0.2) is 24.3 Å². The number of ether oxygens (including phenoxy) is 2. The van der Waals surface area contributed by atoms with E-state index in [0.717, 1.165) is 43.9 Å². The lowest BCUT2D eigenvalue weighted by Crippen LogP contribution is -2.30. The maximum Gasteiger partial charge on any atom is 0.239 e. The largest absolute Gasteiger partial charge is 0.491 e. The second kappa shape index (κ2) is 8.52. The van der Waals surface area contributed by atoms with E-state index in [-0.39, 0.29) is 18.6 Å². The topological polar surface area (TPSA) is 59.6 Å². The summed E-state index contributed by atoms with van der Waals surface area (Å²) in [6, 6.07) is 7.64. The van der Waals surface area contributed by atoms with Crippen molar-refractivity contribution in [3.8, 4) is 5.75 Å². The van der Waals surface area contributed by atoms with Crippen LogP contribution in [0.5, 0.6) is 5.75 Å². The molecule has 1 fully saturated rings. The number of hydrogen-bond acceptors (Lipinski definition) is 4. The Morgan fingerprint density at radius 2 is 2.19 bits per heavy atom. The second-order valence-electron chi connectivity index (χ2n) is 5.17. The van der Waals surface area contributed by atoms with Crippen molar-refractivity contribution in [1.82, 2.24) is 5.32 Å². The zero-order valence-corrected chi connectivity index (χ0v) is 12.6. The molecule has 0 bridgehead atoms. The number of benzene rings is 1. The van der Waals surface area contributed by atoms with Gasteiger partial charge < -0.3 is 20.1 Å². The van der Waals surface area contributed by atoms with Gasteiger partial charge in [-0.05, 0) is 43.5 Å². The second-order valence-corrected chi connectivity index (χ2v) is 5.17. The van der Waals surface area contributed by atoms with E-state index < -0.39 is 0 Å². The maximum atomic E-state index is 11.5. The van der Waals surface area contributed by atoms with E-state index in [9.17, 15) is 4.79 Å². The van der Waals surface area contributed by atoms with Crippen molar-refractivity contribution in [2.24, 2.45) is 0 Å². The minimum absolute atomic E-state index is 0.00978. The highest BCUT2D eigenvalue weighted by Gasteiger charge is 2.15. The number of amides is 1. The SMILES string of the molecule is CCCNC(=O)CNc1ccc(OCC2CCCO2)cc1. The number of anilines is 1. The quantitative estimate of drug-likeness (QED) is 0.771. The third-order valence-electron chi connectivity index (χ3n) is 3.34. The number of hydrogen-bond donors (Lipinski definition) is 2. The summed E-state index contributed by atoms with van der Waals surface area (Å²) in [6.45, 7) is 4.48. The van der Waals surface area contributed by atoms with Crippen LogP contribution in [0.2, 0.25) is 0 Å². The van der Waals surface area contributed by atoms with E-state index in [1.54, 1.807) is 0 Å². The molecular weight excluding hydrogens is 268 g/mol. The number of rotatable bonds is 8. The molecule has 0 spiro atoms. The van der Waals surface area contributed by atoms with Gasteiger partial charge in [-0.1, -0.05) is 6.92 Å². The smallest absolute Gasteiger partial charge is 0.239 e. The molecule has 0 aliphatic carbocycles. The number of carbonyl (C=O) groups excluding carboxylic acids is 1. The molecule has 21 heavy (non-hydrogen) atoms. The van der Waals surface area contributed by atoms with E-state index >= 15 is 0 Å². The molecule has 1 atom stereocenters. The van der Waals surface area contributed by atoms with E-state index in [1.807, 2.05) is 31.2 Å². The van der Waals surface area contributed by atoms with Gasteiger partial charge in [-0.15, -0.1) is 0 Å². The summed E-state index contributed by atoms with van der Waals surface area (Å²) < 4.78 is 11.2. The Labute approximate surface area is 126 Å². The maximum absolute atomic E-state index is 11.5. The fourth-order valence-electron chi connectivity index (χ4n) is 2.14. The highest BCUT2D eigenvalue weighted by molar-refractivity contribution is 5.80. The van der Waals surface area contributed by atoms with Gasteiger partial charge in [-0.25, -0.2) is 0 Å². The molecule has 1 aliphatic rings. The van der Waals surface area contributed by atoms with Crippen LogP contribution in [0.4, 0.5) is 5.69 Å². The highest BCUT2D eigenvalue weighted by Crippen LogP contribution is 2.18. The summed E-state index contributed by atoms with van der Waals surface area (Å²) in [5.74, 6) is 0.835. The van der Waals surface area contributed by atoms with Gasteiger partial charge in [0.25, 0.3) is 0 Å². The van der Waals surface area contributed by atoms with Crippen molar-refractivity contribution in [1.29, 1.82) is 0 Å². The molecule has 0 radical (unpaired) electrons. The summed E-state index contributed by atoms with van der Waals surface area (Å²) in [4.78, 5) is 11.5. The van der Waals surface area contributed by atoms with E-state index in [2.05, 4.69) is 10.6 Å². The molecule has 5 heteroatoms. The minimum Gasteiger partial charge on any atom is -0.491 e. The van der Waals surface area contributed by atoms with E-state index in [4.69, 9.17) is 9.47 Å². The van der Waals surface area contributed by atoms with Crippen molar-refractivity contribution in [2.45, 2.75) is 32.3 Å². The summed E-state index contributed by atoms with van der Waals surface area (Å²) in [6.07, 6.45) is 3.37. The van der Waals surface area contributed by atoms with Gasteiger partial charge in [-0.2, -0.15) is 0 Å². The summed E-state index contributed by atoms with van der Waals surface area (Å²) >= 11 is 0. The third-order valence-corrected chi connectivity index (χ3v) is 3.34. The van der Waals surface area contributed by atoms with Crippen molar-refractivity contribution < 1.29 is 14.3 Å². The lowest BCUT2D eigenvalue weighted by molar-refractivity contribution is -0.119. The fraction of sp³-hybridized carbons (Fsp3) is 0.562. The zero-order chi connectivity index (χ0) is 14.9.